The van der Waals surface area contributed by atoms with Crippen molar-refractivity contribution in [2.45, 2.75) is 11.3 Å². The summed E-state index contributed by atoms with van der Waals surface area (Å²) >= 11 is 0. The third-order valence-corrected chi connectivity index (χ3v) is 4.81. The molecule has 3 rings (SSSR count). The summed E-state index contributed by atoms with van der Waals surface area (Å²) in [4.78, 5) is 13.9. The van der Waals surface area contributed by atoms with E-state index in [9.17, 15) is 18.5 Å². The number of benzene rings is 2. The van der Waals surface area contributed by atoms with Crippen LogP contribution in [0.3, 0.4) is 0 Å². The number of rotatable bonds is 4. The van der Waals surface area contributed by atoms with Crippen LogP contribution >= 0.6 is 0 Å². The lowest BCUT2D eigenvalue weighted by molar-refractivity contribution is -0.112. The van der Waals surface area contributed by atoms with E-state index in [1.54, 1.807) is 0 Å². The van der Waals surface area contributed by atoms with Gasteiger partial charge in [0.2, 0.25) is 0 Å². The molecular formula is C18H15N3O4S. The van der Waals surface area contributed by atoms with E-state index < -0.39 is 16.0 Å². The Bertz CT molecular complexity index is 1040. The first-order valence-corrected chi connectivity index (χ1v) is 9.18. The van der Waals surface area contributed by atoms with Crippen LogP contribution in [0.5, 0.6) is 0 Å². The molecule has 1 aliphatic heterocycles. The molecule has 2 aromatic rings. The Labute approximate surface area is 150 Å². The van der Waals surface area contributed by atoms with Gasteiger partial charge in [0, 0.05) is 24.1 Å². The third kappa shape index (κ3) is 3.74. The van der Waals surface area contributed by atoms with E-state index in [4.69, 9.17) is 4.55 Å². The lowest BCUT2D eigenvalue weighted by Gasteiger charge is -2.14. The molecule has 1 heterocycles. The van der Waals surface area contributed by atoms with Crippen molar-refractivity contribution >= 4 is 27.4 Å². The molecule has 0 atom stereocenters. The van der Waals surface area contributed by atoms with E-state index in [1.165, 1.54) is 24.4 Å². The Morgan fingerprint density at radius 1 is 1.23 bits per heavy atom. The molecule has 0 bridgehead atoms. The molecule has 2 aromatic carbocycles. The SMILES string of the molecule is N#C/C(=C/N1CCc2ccccc21)C(=O)Nc1cccc(S(=O)(=O)O)c1. The fraction of sp³-hybridized carbons (Fsp3) is 0.111. The Morgan fingerprint density at radius 2 is 2.00 bits per heavy atom. The van der Waals surface area contributed by atoms with E-state index in [2.05, 4.69) is 5.32 Å². The largest absolute Gasteiger partial charge is 0.346 e. The first kappa shape index (κ1) is 17.7. The van der Waals surface area contributed by atoms with Crippen LogP contribution in [0.1, 0.15) is 5.56 Å². The summed E-state index contributed by atoms with van der Waals surface area (Å²) in [5.74, 6) is -0.663. The standard InChI is InChI=1S/C18H15N3O4S/c19-11-14(12-21-9-8-13-4-1-2-7-17(13)21)18(22)20-15-5-3-6-16(10-15)26(23,24)25/h1-7,10,12H,8-9H2,(H,20,22)(H,23,24,25)/b14-12-. The van der Waals surface area contributed by atoms with E-state index >= 15 is 0 Å². The molecule has 8 heteroatoms. The number of nitrogens with one attached hydrogen (secondary N) is 1. The van der Waals surface area contributed by atoms with Gasteiger partial charge in [-0.2, -0.15) is 13.7 Å². The van der Waals surface area contributed by atoms with Gasteiger partial charge >= 0.3 is 0 Å². The quantitative estimate of drug-likeness (QED) is 0.486. The van der Waals surface area contributed by atoms with Gasteiger partial charge in [-0.25, -0.2) is 0 Å². The number of nitriles is 1. The summed E-state index contributed by atoms with van der Waals surface area (Å²) < 4.78 is 31.4. The van der Waals surface area contributed by atoms with Crippen LogP contribution in [-0.4, -0.2) is 25.4 Å². The second kappa shape index (κ2) is 7.00. The predicted octanol–water partition coefficient (Wildman–Crippen LogP) is 2.34. The highest BCUT2D eigenvalue weighted by Gasteiger charge is 2.19. The molecule has 1 aliphatic rings. The van der Waals surface area contributed by atoms with Crippen molar-refractivity contribution in [2.75, 3.05) is 16.8 Å². The average Bonchev–Trinajstić information content (AvgIpc) is 3.02. The smallest absolute Gasteiger partial charge is 0.294 e. The Morgan fingerprint density at radius 3 is 2.73 bits per heavy atom. The second-order valence-electron chi connectivity index (χ2n) is 5.68. The average molecular weight is 369 g/mol. The second-order valence-corrected chi connectivity index (χ2v) is 7.11. The fourth-order valence-corrected chi connectivity index (χ4v) is 3.25. The van der Waals surface area contributed by atoms with Crippen LogP contribution in [-0.2, 0) is 21.3 Å². The van der Waals surface area contributed by atoms with Gasteiger partial charge in [-0.1, -0.05) is 24.3 Å². The first-order valence-electron chi connectivity index (χ1n) is 7.74. The summed E-state index contributed by atoms with van der Waals surface area (Å²) in [7, 11) is -4.38. The molecule has 7 nitrogen and oxygen atoms in total. The highest BCUT2D eigenvalue weighted by atomic mass is 32.2. The molecule has 0 aromatic heterocycles. The van der Waals surface area contributed by atoms with Gasteiger partial charge in [-0.05, 0) is 36.2 Å². The molecule has 0 aliphatic carbocycles. The van der Waals surface area contributed by atoms with Gasteiger partial charge in [0.25, 0.3) is 16.0 Å². The van der Waals surface area contributed by atoms with Crippen molar-refractivity contribution in [2.24, 2.45) is 0 Å². The minimum atomic E-state index is -4.38. The van der Waals surface area contributed by atoms with E-state index in [1.807, 2.05) is 35.2 Å². The molecule has 0 radical (unpaired) electrons. The number of fused-ring (bicyclic) bond motifs is 1. The van der Waals surface area contributed by atoms with Crippen molar-refractivity contribution in [1.29, 1.82) is 5.26 Å². The molecule has 0 fully saturated rings. The Balaban J connectivity index is 1.82. The number of anilines is 2. The number of para-hydroxylation sites is 1. The number of carbonyl (C=O) groups is 1. The monoisotopic (exact) mass is 369 g/mol. The van der Waals surface area contributed by atoms with Gasteiger partial charge in [-0.3, -0.25) is 9.35 Å². The van der Waals surface area contributed by atoms with E-state index in [-0.39, 0.29) is 16.2 Å². The Kier molecular flexibility index (Phi) is 4.75. The maximum Gasteiger partial charge on any atom is 0.294 e. The summed E-state index contributed by atoms with van der Waals surface area (Å²) in [5.41, 5.74) is 2.13. The highest BCUT2D eigenvalue weighted by Crippen LogP contribution is 2.28. The molecule has 0 spiro atoms. The van der Waals surface area contributed by atoms with E-state index in [0.717, 1.165) is 23.7 Å². The normalized spacial score (nSPS) is 13.8. The van der Waals surface area contributed by atoms with Gasteiger partial charge in [0.15, 0.2) is 0 Å². The topological polar surface area (TPSA) is 111 Å². The van der Waals surface area contributed by atoms with Crippen molar-refractivity contribution in [3.63, 3.8) is 0 Å². The van der Waals surface area contributed by atoms with Crippen LogP contribution in [0.4, 0.5) is 11.4 Å². The maximum absolute atomic E-state index is 12.4. The van der Waals surface area contributed by atoms with Crippen LogP contribution in [0.15, 0.2) is 65.2 Å². The molecule has 2 N–H and O–H groups in total. The van der Waals surface area contributed by atoms with Crippen molar-refractivity contribution < 1.29 is 17.8 Å². The summed E-state index contributed by atoms with van der Waals surface area (Å²) in [6.07, 6.45) is 2.30. The van der Waals surface area contributed by atoms with Crippen LogP contribution < -0.4 is 10.2 Å². The molecule has 1 amide bonds. The number of nitrogens with zero attached hydrogens (tertiary/aromatic N) is 2. The molecular weight excluding hydrogens is 354 g/mol. The maximum atomic E-state index is 12.4. The minimum absolute atomic E-state index is 0.112. The fourth-order valence-electron chi connectivity index (χ4n) is 2.72. The zero-order valence-electron chi connectivity index (χ0n) is 13.6. The van der Waals surface area contributed by atoms with Crippen molar-refractivity contribution in [1.82, 2.24) is 0 Å². The summed E-state index contributed by atoms with van der Waals surface area (Å²) in [5, 5.41) is 11.8. The first-order chi connectivity index (χ1) is 12.4. The molecule has 26 heavy (non-hydrogen) atoms. The highest BCUT2D eigenvalue weighted by molar-refractivity contribution is 7.85. The number of carbonyl (C=O) groups excluding carboxylic acids is 1. The van der Waals surface area contributed by atoms with Crippen molar-refractivity contribution in [3.05, 3.63) is 65.9 Å². The predicted molar refractivity (Wildman–Crippen MR) is 96.1 cm³/mol. The van der Waals surface area contributed by atoms with Gasteiger partial charge in [0.05, 0.1) is 4.90 Å². The molecule has 0 saturated heterocycles. The zero-order chi connectivity index (χ0) is 18.7. The summed E-state index contributed by atoms with van der Waals surface area (Å²) in [6, 6.07) is 14.8. The summed E-state index contributed by atoms with van der Waals surface area (Å²) in [6.45, 7) is 0.663. The van der Waals surface area contributed by atoms with Crippen LogP contribution in [0, 0.1) is 11.3 Å². The van der Waals surface area contributed by atoms with Crippen LogP contribution in [0.2, 0.25) is 0 Å². The number of hydrogen-bond acceptors (Lipinski definition) is 5. The number of amides is 1. The molecule has 0 unspecified atom stereocenters. The molecule has 0 saturated carbocycles. The van der Waals surface area contributed by atoms with Gasteiger partial charge in [0.1, 0.15) is 11.6 Å². The van der Waals surface area contributed by atoms with Gasteiger partial charge < -0.3 is 10.2 Å². The van der Waals surface area contributed by atoms with Gasteiger partial charge in [-0.15, -0.1) is 0 Å². The lowest BCUT2D eigenvalue weighted by atomic mass is 10.2. The zero-order valence-corrected chi connectivity index (χ0v) is 14.4. The lowest BCUT2D eigenvalue weighted by Crippen LogP contribution is -2.19. The third-order valence-electron chi connectivity index (χ3n) is 3.96. The van der Waals surface area contributed by atoms with Crippen LogP contribution in [0.25, 0.3) is 0 Å². The van der Waals surface area contributed by atoms with Crippen molar-refractivity contribution in [3.8, 4) is 6.07 Å². The van der Waals surface area contributed by atoms with E-state index in [0.29, 0.717) is 6.54 Å². The number of hydrogen-bond donors (Lipinski definition) is 2. The molecule has 132 valence electrons. The minimum Gasteiger partial charge on any atom is -0.346 e. The Hall–Kier alpha value is -3.15.